The summed E-state index contributed by atoms with van der Waals surface area (Å²) < 4.78 is 5.56. The molecule has 1 aromatic rings. The van der Waals surface area contributed by atoms with Gasteiger partial charge < -0.3 is 14.5 Å². The Kier molecular flexibility index (Phi) is 6.20. The molecule has 3 amide bonds. The maximum atomic E-state index is 13.6. The van der Waals surface area contributed by atoms with Crippen molar-refractivity contribution in [1.82, 2.24) is 9.80 Å². The molecule has 1 saturated carbocycles. The third-order valence-corrected chi connectivity index (χ3v) is 7.40. The van der Waals surface area contributed by atoms with Gasteiger partial charge in [0.05, 0.1) is 11.3 Å². The molecule has 1 atom stereocenters. The molecule has 178 valence electrons. The van der Waals surface area contributed by atoms with Crippen molar-refractivity contribution in [3.63, 3.8) is 0 Å². The van der Waals surface area contributed by atoms with Crippen LogP contribution in [0.2, 0.25) is 0 Å². The Morgan fingerprint density at radius 1 is 1.15 bits per heavy atom. The van der Waals surface area contributed by atoms with Gasteiger partial charge in [0.1, 0.15) is 0 Å². The smallest absolute Gasteiger partial charge is 0.354 e. The van der Waals surface area contributed by atoms with Gasteiger partial charge in [0.25, 0.3) is 11.8 Å². The minimum absolute atomic E-state index is 0.119. The fraction of sp³-hybridized carbons (Fsp3) is 0.600. The number of para-hydroxylation sites is 1. The van der Waals surface area contributed by atoms with Crippen LogP contribution in [0.1, 0.15) is 69.7 Å². The van der Waals surface area contributed by atoms with E-state index < -0.39 is 18.2 Å². The van der Waals surface area contributed by atoms with Crippen LogP contribution in [-0.2, 0) is 19.1 Å². The molecular weight excluding hydrogens is 422 g/mol. The van der Waals surface area contributed by atoms with Crippen molar-refractivity contribution in [1.29, 1.82) is 0 Å². The standard InChI is InChI=1S/C25H33N3O5/c1-16(2)27-23(31)19-7-5-6-8-20(19)28-21(29)13-14-25(27,28)24(32)33-15-22(30)26(4)18-11-9-17(3)10-12-18/h5-8,16-18H,9-15H2,1-4H3. The lowest BCUT2D eigenvalue weighted by molar-refractivity contribution is -0.163. The zero-order valence-electron chi connectivity index (χ0n) is 19.9. The molecule has 1 unspecified atom stereocenters. The van der Waals surface area contributed by atoms with Crippen molar-refractivity contribution >= 4 is 29.4 Å². The first-order valence-corrected chi connectivity index (χ1v) is 11.9. The molecule has 1 aromatic carbocycles. The van der Waals surface area contributed by atoms with Crippen LogP contribution in [0.3, 0.4) is 0 Å². The number of anilines is 1. The van der Waals surface area contributed by atoms with Crippen molar-refractivity contribution in [2.24, 2.45) is 5.92 Å². The molecule has 8 nitrogen and oxygen atoms in total. The summed E-state index contributed by atoms with van der Waals surface area (Å²) in [6.45, 7) is 5.43. The van der Waals surface area contributed by atoms with Crippen molar-refractivity contribution in [3.05, 3.63) is 29.8 Å². The van der Waals surface area contributed by atoms with Gasteiger partial charge in [-0.15, -0.1) is 0 Å². The Labute approximate surface area is 194 Å². The van der Waals surface area contributed by atoms with E-state index in [1.54, 1.807) is 36.2 Å². The first-order chi connectivity index (χ1) is 15.7. The number of hydrogen-bond acceptors (Lipinski definition) is 5. The Morgan fingerprint density at radius 2 is 1.82 bits per heavy atom. The number of amides is 3. The molecule has 33 heavy (non-hydrogen) atoms. The number of nitrogens with zero attached hydrogens (tertiary/aromatic N) is 3. The number of esters is 1. The van der Waals surface area contributed by atoms with Crippen LogP contribution in [0.4, 0.5) is 5.69 Å². The number of benzene rings is 1. The summed E-state index contributed by atoms with van der Waals surface area (Å²) >= 11 is 0. The van der Waals surface area contributed by atoms with Crippen molar-refractivity contribution in [2.45, 2.75) is 77.0 Å². The average molecular weight is 456 g/mol. The number of hydrogen-bond donors (Lipinski definition) is 0. The highest BCUT2D eigenvalue weighted by Crippen LogP contribution is 2.46. The van der Waals surface area contributed by atoms with E-state index in [0.29, 0.717) is 17.2 Å². The van der Waals surface area contributed by atoms with Crippen molar-refractivity contribution in [3.8, 4) is 0 Å². The highest BCUT2D eigenvalue weighted by molar-refractivity contribution is 6.15. The van der Waals surface area contributed by atoms with Gasteiger partial charge in [0.15, 0.2) is 6.61 Å². The molecule has 1 aliphatic carbocycles. The third-order valence-electron chi connectivity index (χ3n) is 7.40. The topological polar surface area (TPSA) is 87.2 Å². The molecule has 2 heterocycles. The number of carbonyl (C=O) groups is 4. The predicted octanol–water partition coefficient (Wildman–Crippen LogP) is 2.95. The normalized spacial score (nSPS) is 26.8. The van der Waals surface area contributed by atoms with Gasteiger partial charge in [-0.3, -0.25) is 19.3 Å². The third kappa shape index (κ3) is 3.79. The average Bonchev–Trinajstić information content (AvgIpc) is 3.15. The maximum Gasteiger partial charge on any atom is 0.354 e. The van der Waals surface area contributed by atoms with Crippen LogP contribution in [0, 0.1) is 5.92 Å². The zero-order valence-corrected chi connectivity index (χ0v) is 19.9. The minimum Gasteiger partial charge on any atom is -0.452 e. The lowest BCUT2D eigenvalue weighted by atomic mass is 9.87. The SMILES string of the molecule is CC1CCC(N(C)C(=O)COC(=O)C23CCC(=O)N2c2ccccc2C(=O)N3C(C)C)CC1. The van der Waals surface area contributed by atoms with Crippen LogP contribution >= 0.6 is 0 Å². The Balaban J connectivity index is 1.58. The van der Waals surface area contributed by atoms with E-state index in [0.717, 1.165) is 25.7 Å². The van der Waals surface area contributed by atoms with E-state index in [4.69, 9.17) is 4.74 Å². The number of rotatable bonds is 5. The minimum atomic E-state index is -1.57. The van der Waals surface area contributed by atoms with Gasteiger partial charge >= 0.3 is 5.97 Å². The molecule has 0 spiro atoms. The molecule has 4 rings (SSSR count). The second kappa shape index (κ2) is 8.80. The molecule has 0 radical (unpaired) electrons. The van der Waals surface area contributed by atoms with E-state index in [1.165, 1.54) is 9.80 Å². The fourth-order valence-electron chi connectivity index (χ4n) is 5.55. The van der Waals surface area contributed by atoms with Gasteiger partial charge in [-0.1, -0.05) is 19.1 Å². The van der Waals surface area contributed by atoms with Gasteiger partial charge in [-0.2, -0.15) is 0 Å². The first-order valence-electron chi connectivity index (χ1n) is 11.9. The summed E-state index contributed by atoms with van der Waals surface area (Å²) in [4.78, 5) is 57.3. The Bertz CT molecular complexity index is 969. The molecule has 0 bridgehead atoms. The number of ether oxygens (including phenoxy) is 1. The second-order valence-electron chi connectivity index (χ2n) is 9.83. The Hall–Kier alpha value is -2.90. The maximum absolute atomic E-state index is 13.6. The lowest BCUT2D eigenvalue weighted by Crippen LogP contribution is -2.70. The fourth-order valence-corrected chi connectivity index (χ4v) is 5.55. The zero-order chi connectivity index (χ0) is 23.9. The molecule has 0 N–H and O–H groups in total. The van der Waals surface area contributed by atoms with Crippen LogP contribution in [0.25, 0.3) is 0 Å². The van der Waals surface area contributed by atoms with E-state index >= 15 is 0 Å². The van der Waals surface area contributed by atoms with E-state index in [2.05, 4.69) is 6.92 Å². The van der Waals surface area contributed by atoms with Gasteiger partial charge in [-0.25, -0.2) is 4.79 Å². The van der Waals surface area contributed by atoms with Crippen molar-refractivity contribution in [2.75, 3.05) is 18.6 Å². The largest absolute Gasteiger partial charge is 0.452 e. The molecule has 2 aliphatic heterocycles. The van der Waals surface area contributed by atoms with Crippen LogP contribution in [0.5, 0.6) is 0 Å². The molecule has 2 fully saturated rings. The number of carbonyl (C=O) groups excluding carboxylic acids is 4. The number of fused-ring (bicyclic) bond motifs is 3. The summed E-state index contributed by atoms with van der Waals surface area (Å²) in [5.74, 6) is -0.889. The van der Waals surface area contributed by atoms with Crippen molar-refractivity contribution < 1.29 is 23.9 Å². The van der Waals surface area contributed by atoms with Crippen LogP contribution < -0.4 is 4.90 Å². The van der Waals surface area contributed by atoms with E-state index in [-0.39, 0.29) is 42.6 Å². The quantitative estimate of drug-likeness (QED) is 0.637. The molecule has 8 heteroatoms. The summed E-state index contributed by atoms with van der Waals surface area (Å²) in [6, 6.07) is 6.61. The summed E-state index contributed by atoms with van der Waals surface area (Å²) in [6.07, 6.45) is 4.29. The lowest BCUT2D eigenvalue weighted by Gasteiger charge is -2.50. The summed E-state index contributed by atoms with van der Waals surface area (Å²) in [5, 5.41) is 0. The first kappa shape index (κ1) is 23.3. The molecule has 3 aliphatic rings. The number of likely N-dealkylation sites (N-methyl/N-ethyl adjacent to an activating group) is 1. The van der Waals surface area contributed by atoms with Crippen LogP contribution in [-0.4, -0.2) is 64.9 Å². The Morgan fingerprint density at radius 3 is 2.48 bits per heavy atom. The summed E-state index contributed by atoms with van der Waals surface area (Å²) in [5.41, 5.74) is -0.777. The summed E-state index contributed by atoms with van der Waals surface area (Å²) in [7, 11) is 1.75. The van der Waals surface area contributed by atoms with E-state index in [1.807, 2.05) is 13.8 Å². The van der Waals surface area contributed by atoms with Gasteiger partial charge in [0.2, 0.25) is 11.6 Å². The predicted molar refractivity (Wildman–Crippen MR) is 122 cm³/mol. The molecule has 1 saturated heterocycles. The second-order valence-corrected chi connectivity index (χ2v) is 9.83. The highest BCUT2D eigenvalue weighted by atomic mass is 16.5. The molecule has 0 aromatic heterocycles. The van der Waals surface area contributed by atoms with Gasteiger partial charge in [0, 0.05) is 32.0 Å². The van der Waals surface area contributed by atoms with Gasteiger partial charge in [-0.05, 0) is 57.6 Å². The van der Waals surface area contributed by atoms with Crippen LogP contribution in [0.15, 0.2) is 24.3 Å². The monoisotopic (exact) mass is 455 g/mol. The highest BCUT2D eigenvalue weighted by Gasteiger charge is 2.62. The molecular formula is C25H33N3O5. The van der Waals surface area contributed by atoms with E-state index in [9.17, 15) is 19.2 Å².